The molecule has 10 nitrogen and oxygen atoms in total. The number of aryl methyl sites for hydroxylation is 1. The molecule has 0 N–H and O–H groups in total. The number of hydrogen-bond donors (Lipinski definition) is 0. The van der Waals surface area contributed by atoms with Gasteiger partial charge in [0.2, 0.25) is 5.89 Å². The first-order chi connectivity index (χ1) is 29.3. The molecule has 0 saturated heterocycles. The summed E-state index contributed by atoms with van der Waals surface area (Å²) in [7, 11) is -4.43. The predicted molar refractivity (Wildman–Crippen MR) is 239 cm³/mol. The summed E-state index contributed by atoms with van der Waals surface area (Å²) in [5.74, 6) is 1.77. The highest BCUT2D eigenvalue weighted by Crippen LogP contribution is 2.48. The number of nitrogens with zero attached hydrogens (tertiary/aromatic N) is 6. The number of imidazole rings is 1. The molecule has 6 aromatic carbocycles. The number of para-hydroxylation sites is 5. The zero-order valence-electron chi connectivity index (χ0n) is 32.5. The first-order valence-electron chi connectivity index (χ1n) is 19.8. The highest BCUT2D eigenvalue weighted by molar-refractivity contribution is 7.85. The van der Waals surface area contributed by atoms with Crippen molar-refractivity contribution in [2.75, 3.05) is 22.1 Å². The lowest BCUT2D eigenvalue weighted by molar-refractivity contribution is -0.673. The average molecular weight is 827 g/mol. The first-order valence-corrected chi connectivity index (χ1v) is 22.2. The second-order valence-electron chi connectivity index (χ2n) is 14.5. The van der Waals surface area contributed by atoms with Gasteiger partial charge in [0.25, 0.3) is 5.82 Å². The van der Waals surface area contributed by atoms with Gasteiger partial charge in [0.15, 0.2) is 16.6 Å². The molecule has 0 amide bonds. The van der Waals surface area contributed by atoms with Gasteiger partial charge in [-0.3, -0.25) is 4.90 Å². The number of benzene rings is 6. The van der Waals surface area contributed by atoms with E-state index in [9.17, 15) is 13.0 Å². The van der Waals surface area contributed by atoms with E-state index in [1.54, 1.807) is 11.3 Å². The monoisotopic (exact) mass is 826 g/mol. The molecule has 0 aliphatic carbocycles. The van der Waals surface area contributed by atoms with Crippen molar-refractivity contribution in [2.24, 2.45) is 0 Å². The van der Waals surface area contributed by atoms with Crippen LogP contribution in [0.2, 0.25) is 0 Å². The van der Waals surface area contributed by atoms with Crippen LogP contribution in [0.3, 0.4) is 0 Å². The molecule has 296 valence electrons. The SMILES string of the molecule is CCN1/C(=C/C=C/c2n(-c3ccccc3)c3ccc(-c4nc5ccccc5o4)cc3[n+]2CCCS(=O)(=O)[O-])N(c2ccccc2)c2ccc(-c3nc4ccccc4s3)cc21. The highest BCUT2D eigenvalue weighted by Gasteiger charge is 2.32. The predicted octanol–water partition coefficient (Wildman–Crippen LogP) is 10.5. The lowest BCUT2D eigenvalue weighted by Crippen LogP contribution is -2.37. The molecule has 3 aromatic heterocycles. The zero-order chi connectivity index (χ0) is 40.8. The van der Waals surface area contributed by atoms with Gasteiger partial charge in [-0.2, -0.15) is 4.57 Å². The van der Waals surface area contributed by atoms with Crippen molar-refractivity contribution < 1.29 is 22.0 Å². The Bertz CT molecular complexity index is 3160. The van der Waals surface area contributed by atoms with Gasteiger partial charge in [-0.15, -0.1) is 11.3 Å². The van der Waals surface area contributed by atoms with E-state index in [0.717, 1.165) is 77.3 Å². The van der Waals surface area contributed by atoms with E-state index in [0.29, 0.717) is 18.0 Å². The van der Waals surface area contributed by atoms with Crippen LogP contribution < -0.4 is 14.4 Å². The van der Waals surface area contributed by atoms with Crippen LogP contribution >= 0.6 is 11.3 Å². The van der Waals surface area contributed by atoms with Crippen LogP contribution in [0.1, 0.15) is 19.2 Å². The minimum atomic E-state index is -4.43. The van der Waals surface area contributed by atoms with E-state index < -0.39 is 15.9 Å². The highest BCUT2D eigenvalue weighted by atomic mass is 32.2. The molecule has 10 rings (SSSR count). The summed E-state index contributed by atoms with van der Waals surface area (Å²) in [5, 5.41) is 0.973. The smallest absolute Gasteiger partial charge is 0.287 e. The number of anilines is 3. The second-order valence-corrected chi connectivity index (χ2v) is 17.0. The molecule has 4 heterocycles. The van der Waals surface area contributed by atoms with Crippen molar-refractivity contribution in [3.63, 3.8) is 0 Å². The van der Waals surface area contributed by atoms with E-state index in [2.05, 4.69) is 80.5 Å². The molecule has 60 heavy (non-hydrogen) atoms. The van der Waals surface area contributed by atoms with Crippen molar-refractivity contribution in [1.29, 1.82) is 0 Å². The molecule has 12 heteroatoms. The van der Waals surface area contributed by atoms with Crippen molar-refractivity contribution in [2.45, 2.75) is 19.9 Å². The van der Waals surface area contributed by atoms with Gasteiger partial charge >= 0.3 is 0 Å². The number of hydrogen-bond acceptors (Lipinski definition) is 9. The standard InChI is InChI=1S/C48H38N6O4S2/c1-2-51-41-32-34(48-50-38-20-10-12-22-44(38)59-48)26-28-39(41)53(35-15-5-3-6-16-35)45(51)23-13-24-46-52(29-14-30-60(55,56)57)42-31-33(47-49-37-19-9-11-21-43(37)58-47)25-27-40(42)54(46)36-17-7-4-8-18-36/h3-13,15-28,31-32H,2,14,29-30H2,1H3. The minimum absolute atomic E-state index is 0.136. The lowest BCUT2D eigenvalue weighted by atomic mass is 10.1. The fourth-order valence-corrected chi connectivity index (χ4v) is 9.51. The molecular formula is C48H38N6O4S2. The van der Waals surface area contributed by atoms with E-state index in [1.807, 2.05) is 109 Å². The second kappa shape index (κ2) is 15.4. The molecule has 9 aromatic rings. The van der Waals surface area contributed by atoms with Gasteiger partial charge in [0.1, 0.15) is 22.0 Å². The molecular weight excluding hydrogens is 789 g/mol. The van der Waals surface area contributed by atoms with Gasteiger partial charge in [0, 0.05) is 41.3 Å². The third kappa shape index (κ3) is 6.94. The maximum Gasteiger partial charge on any atom is 0.287 e. The summed E-state index contributed by atoms with van der Waals surface area (Å²) in [5.41, 5.74) is 10.1. The number of aromatic nitrogens is 4. The fourth-order valence-electron chi connectivity index (χ4n) is 8.06. The van der Waals surface area contributed by atoms with E-state index >= 15 is 0 Å². The Morgan fingerprint density at radius 2 is 1.48 bits per heavy atom. The maximum absolute atomic E-state index is 11.9. The van der Waals surface area contributed by atoms with Crippen LogP contribution in [0.25, 0.3) is 66.1 Å². The number of rotatable bonds is 11. The minimum Gasteiger partial charge on any atom is -0.748 e. The number of oxazole rings is 1. The summed E-state index contributed by atoms with van der Waals surface area (Å²) < 4.78 is 47.1. The number of allylic oxidation sites excluding steroid dienone is 2. The summed E-state index contributed by atoms with van der Waals surface area (Å²) >= 11 is 1.69. The summed E-state index contributed by atoms with van der Waals surface area (Å²) in [6.45, 7) is 3.15. The summed E-state index contributed by atoms with van der Waals surface area (Å²) in [4.78, 5) is 14.3. The molecule has 0 radical (unpaired) electrons. The van der Waals surface area contributed by atoms with Gasteiger partial charge in [0.05, 0.1) is 38.3 Å². The molecule has 0 unspecified atom stereocenters. The van der Waals surface area contributed by atoms with E-state index in [1.165, 1.54) is 0 Å². The normalized spacial score (nSPS) is 13.8. The molecule has 0 atom stereocenters. The molecule has 0 fully saturated rings. The quantitative estimate of drug-likeness (QED) is 0.0936. The maximum atomic E-state index is 11.9. The molecule has 1 aliphatic rings. The van der Waals surface area contributed by atoms with Crippen LogP contribution in [0, 0.1) is 0 Å². The fraction of sp³-hybridized carbons (Fsp3) is 0.104. The zero-order valence-corrected chi connectivity index (χ0v) is 34.2. The van der Waals surface area contributed by atoms with E-state index in [-0.39, 0.29) is 13.0 Å². The average Bonchev–Trinajstić information content (AvgIpc) is 4.04. The Kier molecular flexibility index (Phi) is 9.59. The third-order valence-corrected chi connectivity index (χ3v) is 12.6. The van der Waals surface area contributed by atoms with Crippen LogP contribution in [-0.2, 0) is 16.7 Å². The summed E-state index contributed by atoms with van der Waals surface area (Å²) in [6.07, 6.45) is 6.36. The van der Waals surface area contributed by atoms with Crippen LogP contribution in [-0.4, -0.2) is 39.8 Å². The Morgan fingerprint density at radius 1 is 0.767 bits per heavy atom. The Balaban J connectivity index is 1.12. The number of fused-ring (bicyclic) bond motifs is 4. The van der Waals surface area contributed by atoms with Gasteiger partial charge in [-0.1, -0.05) is 66.7 Å². The van der Waals surface area contributed by atoms with Gasteiger partial charge < -0.3 is 13.9 Å². The molecule has 0 spiro atoms. The van der Waals surface area contributed by atoms with Crippen LogP contribution in [0.5, 0.6) is 0 Å². The van der Waals surface area contributed by atoms with Crippen molar-refractivity contribution in [1.82, 2.24) is 14.5 Å². The Labute approximate surface area is 351 Å². The van der Waals surface area contributed by atoms with Crippen molar-refractivity contribution in [3.05, 3.63) is 169 Å². The van der Waals surface area contributed by atoms with Crippen molar-refractivity contribution >= 4 is 76.9 Å². The Morgan fingerprint density at radius 3 is 2.23 bits per heavy atom. The third-order valence-electron chi connectivity index (χ3n) is 10.7. The Hall–Kier alpha value is -6.86. The lowest BCUT2D eigenvalue weighted by Gasteiger charge is -2.24. The molecule has 0 bridgehead atoms. The first kappa shape index (κ1) is 37.4. The van der Waals surface area contributed by atoms with Gasteiger partial charge in [-0.05, 0) is 98.3 Å². The summed E-state index contributed by atoms with van der Waals surface area (Å²) in [6, 6.07) is 48.9. The molecule has 0 saturated carbocycles. The van der Waals surface area contributed by atoms with Gasteiger partial charge in [-0.25, -0.2) is 23.0 Å². The molecule has 1 aliphatic heterocycles. The van der Waals surface area contributed by atoms with Crippen LogP contribution in [0.15, 0.2) is 168 Å². The topological polar surface area (TPSA) is 111 Å². The van der Waals surface area contributed by atoms with Crippen LogP contribution in [0.4, 0.5) is 17.1 Å². The number of thiazole rings is 1. The van der Waals surface area contributed by atoms with E-state index in [4.69, 9.17) is 14.4 Å². The van der Waals surface area contributed by atoms with Crippen molar-refractivity contribution in [3.8, 4) is 27.7 Å². The largest absolute Gasteiger partial charge is 0.748 e.